The van der Waals surface area contributed by atoms with Crippen molar-refractivity contribution in [2.24, 2.45) is 4.99 Å². The van der Waals surface area contributed by atoms with E-state index in [-0.39, 0.29) is 0 Å². The number of benzene rings is 1. The van der Waals surface area contributed by atoms with E-state index in [9.17, 15) is 5.11 Å². The highest BCUT2D eigenvalue weighted by Gasteiger charge is 2.19. The number of rotatable bonds is 5. The highest BCUT2D eigenvalue weighted by molar-refractivity contribution is 6.21. The van der Waals surface area contributed by atoms with Gasteiger partial charge in [0, 0.05) is 24.5 Å². The minimum atomic E-state index is -0.843. The number of allylic oxidation sites excluding steroid dienone is 2. The Balaban J connectivity index is 2.37. The number of nitrogens with one attached hydrogen (secondary N) is 2. The maximum Gasteiger partial charge on any atom is 0.119 e. The molecule has 5 nitrogen and oxygen atoms in total. The van der Waals surface area contributed by atoms with Gasteiger partial charge in [-0.3, -0.25) is 4.99 Å². The lowest BCUT2D eigenvalue weighted by Crippen LogP contribution is -2.24. The van der Waals surface area contributed by atoms with Gasteiger partial charge in [-0.2, -0.15) is 0 Å². The molecule has 1 heterocycles. The van der Waals surface area contributed by atoms with Gasteiger partial charge in [-0.15, -0.1) is 0 Å². The number of aliphatic hydroxyl groups is 1. The molecule has 1 aliphatic heterocycles. The average Bonchev–Trinajstić information content (AvgIpc) is 2.53. The number of likely N-dealkylation sites (N-methyl/N-ethyl adjacent to an activating group) is 1. The molecule has 21 heavy (non-hydrogen) atoms. The fourth-order valence-electron chi connectivity index (χ4n) is 2.09. The predicted molar refractivity (Wildman–Crippen MR) is 84.0 cm³/mol. The van der Waals surface area contributed by atoms with E-state index < -0.39 is 6.10 Å². The van der Waals surface area contributed by atoms with Gasteiger partial charge >= 0.3 is 0 Å². The van der Waals surface area contributed by atoms with Crippen molar-refractivity contribution >= 4 is 11.9 Å². The zero-order valence-electron chi connectivity index (χ0n) is 12.1. The van der Waals surface area contributed by atoms with Crippen LogP contribution in [0.2, 0.25) is 0 Å². The Morgan fingerprint density at radius 2 is 2.10 bits per heavy atom. The number of ether oxygens (including phenoxy) is 1. The molecule has 0 amide bonds. The lowest BCUT2D eigenvalue weighted by molar-refractivity contribution is 0.206. The molecule has 3 N–H and O–H groups in total. The van der Waals surface area contributed by atoms with E-state index in [1.165, 1.54) is 0 Å². The van der Waals surface area contributed by atoms with E-state index in [0.29, 0.717) is 23.5 Å². The van der Waals surface area contributed by atoms with E-state index in [2.05, 4.69) is 10.3 Å². The number of hydrogen-bond acceptors (Lipinski definition) is 5. The molecule has 1 aromatic carbocycles. The van der Waals surface area contributed by atoms with Crippen LogP contribution >= 0.6 is 0 Å². The van der Waals surface area contributed by atoms with Gasteiger partial charge in [0.15, 0.2) is 0 Å². The fraction of sp³-hybridized carbons (Fsp3) is 0.250. The van der Waals surface area contributed by atoms with Crippen molar-refractivity contribution in [2.45, 2.75) is 13.0 Å². The van der Waals surface area contributed by atoms with Gasteiger partial charge < -0.3 is 20.6 Å². The van der Waals surface area contributed by atoms with Gasteiger partial charge in [0.05, 0.1) is 18.5 Å². The predicted octanol–water partition coefficient (Wildman–Crippen LogP) is 2.21. The van der Waals surface area contributed by atoms with Crippen LogP contribution in [0.4, 0.5) is 0 Å². The monoisotopic (exact) mass is 285 g/mol. The summed E-state index contributed by atoms with van der Waals surface area (Å²) in [4.78, 5) is 4.04. The molecule has 0 aliphatic carbocycles. The summed E-state index contributed by atoms with van der Waals surface area (Å²) in [6.45, 7) is 2.59. The highest BCUT2D eigenvalue weighted by atomic mass is 16.5. The van der Waals surface area contributed by atoms with Gasteiger partial charge in [0.25, 0.3) is 0 Å². The van der Waals surface area contributed by atoms with Crippen molar-refractivity contribution in [3.8, 4) is 5.75 Å². The molecule has 1 atom stereocenters. The Bertz CT molecular complexity index is 600. The highest BCUT2D eigenvalue weighted by Crippen LogP contribution is 2.25. The van der Waals surface area contributed by atoms with Gasteiger partial charge in [-0.25, -0.2) is 0 Å². The lowest BCUT2D eigenvalue weighted by atomic mass is 9.99. The maximum atomic E-state index is 10.6. The van der Waals surface area contributed by atoms with E-state index in [1.807, 2.05) is 6.92 Å². The van der Waals surface area contributed by atoms with Crippen molar-refractivity contribution in [1.82, 2.24) is 5.32 Å². The summed E-state index contributed by atoms with van der Waals surface area (Å²) in [6.07, 6.45) is 3.92. The second-order valence-corrected chi connectivity index (χ2v) is 4.54. The van der Waals surface area contributed by atoms with Crippen molar-refractivity contribution in [3.05, 3.63) is 53.4 Å². The smallest absolute Gasteiger partial charge is 0.119 e. The number of methoxy groups -OCH3 is 1. The molecule has 5 heteroatoms. The molecule has 1 aromatic rings. The third-order valence-corrected chi connectivity index (χ3v) is 3.18. The molecule has 1 unspecified atom stereocenters. The molecule has 2 rings (SSSR count). The molecule has 0 spiro atoms. The second kappa shape index (κ2) is 6.85. The molecular weight excluding hydrogens is 266 g/mol. The zero-order valence-corrected chi connectivity index (χ0v) is 12.1. The van der Waals surface area contributed by atoms with Crippen LogP contribution in [-0.4, -0.2) is 30.7 Å². The van der Waals surface area contributed by atoms with Crippen LogP contribution < -0.4 is 10.1 Å². The zero-order chi connectivity index (χ0) is 15.2. The SMILES string of the molecule is CCN/C(=C1/C=NC=CC1=N)C(O)c1ccc(OC)cc1. The van der Waals surface area contributed by atoms with Crippen LogP contribution in [0.15, 0.2) is 52.8 Å². The van der Waals surface area contributed by atoms with Crippen molar-refractivity contribution in [3.63, 3.8) is 0 Å². The second-order valence-electron chi connectivity index (χ2n) is 4.54. The number of hydrogen-bond donors (Lipinski definition) is 3. The van der Waals surface area contributed by atoms with E-state index in [0.717, 1.165) is 11.3 Å². The van der Waals surface area contributed by atoms with Crippen molar-refractivity contribution in [1.29, 1.82) is 5.41 Å². The Labute approximate surface area is 124 Å². The van der Waals surface area contributed by atoms with Crippen molar-refractivity contribution < 1.29 is 9.84 Å². The Kier molecular flexibility index (Phi) is 4.90. The summed E-state index contributed by atoms with van der Waals surface area (Å²) < 4.78 is 5.12. The maximum absolute atomic E-state index is 10.6. The third-order valence-electron chi connectivity index (χ3n) is 3.18. The minimum absolute atomic E-state index is 0.327. The van der Waals surface area contributed by atoms with Crippen LogP contribution in [0.25, 0.3) is 0 Å². The van der Waals surface area contributed by atoms with Crippen LogP contribution in [-0.2, 0) is 0 Å². The first kappa shape index (κ1) is 15.0. The Hall–Kier alpha value is -2.40. The minimum Gasteiger partial charge on any atom is -0.497 e. The molecule has 0 saturated heterocycles. The fourth-order valence-corrected chi connectivity index (χ4v) is 2.09. The molecule has 0 saturated carbocycles. The summed E-state index contributed by atoms with van der Waals surface area (Å²) in [5.74, 6) is 0.735. The summed E-state index contributed by atoms with van der Waals surface area (Å²) in [5, 5.41) is 21.7. The summed E-state index contributed by atoms with van der Waals surface area (Å²) in [5.41, 5.74) is 2.24. The number of aliphatic hydroxyl groups excluding tert-OH is 1. The molecule has 0 fully saturated rings. The molecule has 0 aromatic heterocycles. The summed E-state index contributed by atoms with van der Waals surface area (Å²) >= 11 is 0. The first-order valence-corrected chi connectivity index (χ1v) is 6.76. The van der Waals surface area contributed by atoms with Crippen molar-refractivity contribution in [2.75, 3.05) is 13.7 Å². The standard InChI is InChI=1S/C16H19N3O2/c1-3-19-15(13-10-18-9-8-14(13)17)16(20)11-4-6-12(21-2)7-5-11/h4-10,16-17,19-20H,3H2,1-2H3/b15-13-,17-14?. The summed E-state index contributed by atoms with van der Waals surface area (Å²) in [7, 11) is 1.60. The molecule has 0 bridgehead atoms. The van der Waals surface area contributed by atoms with Gasteiger partial charge in [0.2, 0.25) is 0 Å². The van der Waals surface area contributed by atoms with Gasteiger partial charge in [0.1, 0.15) is 11.9 Å². The Morgan fingerprint density at radius 1 is 1.38 bits per heavy atom. The van der Waals surface area contributed by atoms with Gasteiger partial charge in [-0.1, -0.05) is 12.1 Å². The lowest BCUT2D eigenvalue weighted by Gasteiger charge is -2.20. The quantitative estimate of drug-likeness (QED) is 0.776. The number of aliphatic imine (C=N–C) groups is 1. The largest absolute Gasteiger partial charge is 0.497 e. The van der Waals surface area contributed by atoms with Crippen LogP contribution in [0.3, 0.4) is 0 Å². The van der Waals surface area contributed by atoms with E-state index in [4.69, 9.17) is 10.1 Å². The van der Waals surface area contributed by atoms with E-state index >= 15 is 0 Å². The molecule has 0 radical (unpaired) electrons. The van der Waals surface area contributed by atoms with Crippen LogP contribution in [0.5, 0.6) is 5.75 Å². The average molecular weight is 285 g/mol. The third kappa shape index (κ3) is 3.38. The molecular formula is C16H19N3O2. The molecule has 110 valence electrons. The van der Waals surface area contributed by atoms with Gasteiger partial charge in [-0.05, 0) is 30.7 Å². The topological polar surface area (TPSA) is 77.7 Å². The summed E-state index contributed by atoms with van der Waals surface area (Å²) in [6, 6.07) is 7.21. The van der Waals surface area contributed by atoms with E-state index in [1.54, 1.807) is 49.9 Å². The first-order chi connectivity index (χ1) is 10.2. The Morgan fingerprint density at radius 3 is 2.67 bits per heavy atom. The normalized spacial score (nSPS) is 17.6. The van der Waals surface area contributed by atoms with Crippen LogP contribution in [0.1, 0.15) is 18.6 Å². The van der Waals surface area contributed by atoms with Crippen LogP contribution in [0, 0.1) is 5.41 Å². The number of nitrogens with zero attached hydrogens (tertiary/aromatic N) is 1. The molecule has 1 aliphatic rings. The first-order valence-electron chi connectivity index (χ1n) is 6.76.